The van der Waals surface area contributed by atoms with E-state index in [9.17, 15) is 9.59 Å². The van der Waals surface area contributed by atoms with Gasteiger partial charge >= 0.3 is 6.09 Å². The number of nitrogens with one attached hydrogen (secondary N) is 1. The maximum Gasteiger partial charge on any atom is 0.434 e. The predicted molar refractivity (Wildman–Crippen MR) is 116 cm³/mol. The fourth-order valence-electron chi connectivity index (χ4n) is 4.15. The second kappa shape index (κ2) is 7.59. The van der Waals surface area contributed by atoms with Crippen molar-refractivity contribution in [3.63, 3.8) is 0 Å². The molecule has 0 unspecified atom stereocenters. The summed E-state index contributed by atoms with van der Waals surface area (Å²) in [4.78, 5) is 24.7. The smallest absolute Gasteiger partial charge is 0.434 e. The van der Waals surface area contributed by atoms with Gasteiger partial charge in [0.25, 0.3) is 0 Å². The molecule has 6 heteroatoms. The highest BCUT2D eigenvalue weighted by Crippen LogP contribution is 2.34. The van der Waals surface area contributed by atoms with Crippen molar-refractivity contribution in [2.45, 2.75) is 51.5 Å². The first-order chi connectivity index (χ1) is 14.3. The number of carbonyl (C=O) groups is 2. The summed E-state index contributed by atoms with van der Waals surface area (Å²) in [6.07, 6.45) is 3.18. The van der Waals surface area contributed by atoms with Gasteiger partial charge in [0.05, 0.1) is 31.3 Å². The number of amides is 1. The number of benzene rings is 2. The first kappa shape index (κ1) is 20.1. The number of aryl methyl sites for hydroxylation is 1. The lowest BCUT2D eigenvalue weighted by atomic mass is 9.85. The third kappa shape index (κ3) is 3.70. The highest BCUT2D eigenvalue weighted by Gasteiger charge is 2.26. The molecule has 1 aliphatic carbocycles. The van der Waals surface area contributed by atoms with Crippen molar-refractivity contribution in [2.24, 2.45) is 0 Å². The maximum absolute atomic E-state index is 12.8. The lowest BCUT2D eigenvalue weighted by molar-refractivity contribution is -0.121. The lowest BCUT2D eigenvalue weighted by Gasteiger charge is -2.21. The van der Waals surface area contributed by atoms with Gasteiger partial charge in [-0.25, -0.2) is 4.79 Å². The van der Waals surface area contributed by atoms with Gasteiger partial charge in [-0.3, -0.25) is 4.79 Å². The minimum absolute atomic E-state index is 0.0361. The predicted octanol–water partition coefficient (Wildman–Crippen LogP) is 4.29. The molecule has 1 heterocycles. The molecule has 1 N–H and O–H groups in total. The largest absolute Gasteiger partial charge is 0.451 e. The van der Waals surface area contributed by atoms with E-state index in [1.165, 1.54) is 28.5 Å². The van der Waals surface area contributed by atoms with Crippen LogP contribution in [0.5, 0.6) is 0 Å². The van der Waals surface area contributed by atoms with Gasteiger partial charge in [-0.05, 0) is 46.6 Å². The summed E-state index contributed by atoms with van der Waals surface area (Å²) >= 11 is 0. The number of methoxy groups -OCH3 is 1. The molecule has 4 rings (SSSR count). The summed E-state index contributed by atoms with van der Waals surface area (Å²) in [7, 11) is 1.32. The molecule has 156 valence electrons. The summed E-state index contributed by atoms with van der Waals surface area (Å²) in [5.74, 6) is -0.0361. The number of fused-ring (bicyclic) bond motifs is 2. The standard InChI is InChI=1S/C24H27N3O3/c1-24(2,3)17-9-10-18-16(12-17)8-11-20(18)26-22(28)13-15-6-5-7-21-19(15)14-25-27(21)23(29)30-4/h5-7,9-10,12,14,20H,8,11,13H2,1-4H3,(H,26,28)/t20-/m0/s1. The van der Waals surface area contributed by atoms with Crippen LogP contribution in [0.2, 0.25) is 0 Å². The Morgan fingerprint density at radius 2 is 2.03 bits per heavy atom. The minimum atomic E-state index is -0.552. The van der Waals surface area contributed by atoms with Crippen LogP contribution in [0.1, 0.15) is 55.5 Å². The number of hydrogen-bond donors (Lipinski definition) is 1. The van der Waals surface area contributed by atoms with Crippen LogP contribution in [0.15, 0.2) is 42.6 Å². The van der Waals surface area contributed by atoms with Crippen molar-refractivity contribution in [1.82, 2.24) is 15.1 Å². The lowest BCUT2D eigenvalue weighted by Crippen LogP contribution is -2.28. The Labute approximate surface area is 176 Å². The summed E-state index contributed by atoms with van der Waals surface area (Å²) in [6.45, 7) is 6.64. The molecule has 0 spiro atoms. The van der Waals surface area contributed by atoms with Gasteiger partial charge < -0.3 is 10.1 Å². The molecule has 0 bridgehead atoms. The Balaban J connectivity index is 1.51. The number of ether oxygens (including phenoxy) is 1. The van der Waals surface area contributed by atoms with Crippen molar-refractivity contribution >= 4 is 22.9 Å². The topological polar surface area (TPSA) is 73.2 Å². The van der Waals surface area contributed by atoms with Crippen LogP contribution < -0.4 is 5.32 Å². The molecule has 0 saturated carbocycles. The SMILES string of the molecule is COC(=O)n1ncc2c(CC(=O)N[C@H]3CCc4cc(C(C)(C)C)ccc43)cccc21. The van der Waals surface area contributed by atoms with Crippen LogP contribution in [0.25, 0.3) is 10.9 Å². The molecule has 0 fully saturated rings. The average Bonchev–Trinajstić information content (AvgIpc) is 3.31. The second-order valence-corrected chi connectivity index (χ2v) is 8.88. The third-order valence-corrected chi connectivity index (χ3v) is 5.82. The van der Waals surface area contributed by atoms with Gasteiger partial charge in [0.15, 0.2) is 0 Å². The van der Waals surface area contributed by atoms with Crippen LogP contribution >= 0.6 is 0 Å². The van der Waals surface area contributed by atoms with Crippen molar-refractivity contribution in [3.8, 4) is 0 Å². The quantitative estimate of drug-likeness (QED) is 0.705. The van der Waals surface area contributed by atoms with Crippen molar-refractivity contribution in [3.05, 3.63) is 64.8 Å². The number of nitrogens with zero attached hydrogens (tertiary/aromatic N) is 2. The summed E-state index contributed by atoms with van der Waals surface area (Å²) in [6, 6.07) is 12.2. The van der Waals surface area contributed by atoms with Crippen LogP contribution in [0.3, 0.4) is 0 Å². The number of aromatic nitrogens is 2. The van der Waals surface area contributed by atoms with E-state index in [2.05, 4.69) is 49.4 Å². The van der Waals surface area contributed by atoms with E-state index in [-0.39, 0.29) is 23.8 Å². The van der Waals surface area contributed by atoms with Crippen LogP contribution in [-0.2, 0) is 27.8 Å². The summed E-state index contributed by atoms with van der Waals surface area (Å²) < 4.78 is 5.96. The monoisotopic (exact) mass is 405 g/mol. The Bertz CT molecular complexity index is 1120. The van der Waals surface area contributed by atoms with Gasteiger partial charge in [-0.1, -0.05) is 51.1 Å². The van der Waals surface area contributed by atoms with Crippen molar-refractivity contribution < 1.29 is 14.3 Å². The molecular weight excluding hydrogens is 378 g/mol. The highest BCUT2D eigenvalue weighted by atomic mass is 16.5. The zero-order valence-corrected chi connectivity index (χ0v) is 17.9. The fraction of sp³-hybridized carbons (Fsp3) is 0.375. The van der Waals surface area contributed by atoms with E-state index in [1.54, 1.807) is 12.3 Å². The summed E-state index contributed by atoms with van der Waals surface area (Å²) in [5.41, 5.74) is 5.45. The number of rotatable bonds is 3. The molecule has 1 aromatic heterocycles. The molecule has 0 radical (unpaired) electrons. The molecule has 1 aliphatic rings. The summed E-state index contributed by atoms with van der Waals surface area (Å²) in [5, 5.41) is 8.07. The zero-order valence-electron chi connectivity index (χ0n) is 17.9. The molecule has 1 amide bonds. The van der Waals surface area contributed by atoms with Crippen LogP contribution in [0.4, 0.5) is 4.79 Å². The average molecular weight is 405 g/mol. The second-order valence-electron chi connectivity index (χ2n) is 8.88. The Morgan fingerprint density at radius 3 is 2.77 bits per heavy atom. The van der Waals surface area contributed by atoms with Gasteiger partial charge in [0.2, 0.25) is 5.91 Å². The molecule has 1 atom stereocenters. The Kier molecular flexibility index (Phi) is 5.10. The highest BCUT2D eigenvalue weighted by molar-refractivity contribution is 5.92. The van der Waals surface area contributed by atoms with E-state index in [0.717, 1.165) is 23.8 Å². The fourth-order valence-corrected chi connectivity index (χ4v) is 4.15. The first-order valence-corrected chi connectivity index (χ1v) is 10.2. The Hall–Kier alpha value is -3.15. The van der Waals surface area contributed by atoms with Crippen LogP contribution in [0, 0.1) is 0 Å². The van der Waals surface area contributed by atoms with E-state index in [0.29, 0.717) is 5.52 Å². The van der Waals surface area contributed by atoms with E-state index < -0.39 is 6.09 Å². The minimum Gasteiger partial charge on any atom is -0.451 e. The Morgan fingerprint density at radius 1 is 1.23 bits per heavy atom. The van der Waals surface area contributed by atoms with E-state index >= 15 is 0 Å². The van der Waals surface area contributed by atoms with Crippen LogP contribution in [-0.4, -0.2) is 28.9 Å². The van der Waals surface area contributed by atoms with Gasteiger partial charge in [0, 0.05) is 5.39 Å². The van der Waals surface area contributed by atoms with Crippen molar-refractivity contribution in [1.29, 1.82) is 0 Å². The van der Waals surface area contributed by atoms with E-state index in [1.807, 2.05) is 12.1 Å². The molecule has 3 aromatic rings. The molecule has 2 aromatic carbocycles. The molecular formula is C24H27N3O3. The third-order valence-electron chi connectivity index (χ3n) is 5.82. The van der Waals surface area contributed by atoms with E-state index in [4.69, 9.17) is 4.74 Å². The number of carbonyl (C=O) groups excluding carboxylic acids is 2. The zero-order chi connectivity index (χ0) is 21.5. The van der Waals surface area contributed by atoms with Gasteiger partial charge in [-0.2, -0.15) is 9.78 Å². The normalized spacial score (nSPS) is 15.8. The molecule has 30 heavy (non-hydrogen) atoms. The molecule has 0 aliphatic heterocycles. The van der Waals surface area contributed by atoms with Gasteiger partial charge in [0.1, 0.15) is 0 Å². The first-order valence-electron chi connectivity index (χ1n) is 10.2. The van der Waals surface area contributed by atoms with Gasteiger partial charge in [-0.15, -0.1) is 0 Å². The molecule has 0 saturated heterocycles. The van der Waals surface area contributed by atoms with Crippen molar-refractivity contribution in [2.75, 3.05) is 7.11 Å². The molecule has 6 nitrogen and oxygen atoms in total. The number of hydrogen-bond acceptors (Lipinski definition) is 4. The maximum atomic E-state index is 12.8.